The fourth-order valence-electron chi connectivity index (χ4n) is 3.30. The summed E-state index contributed by atoms with van der Waals surface area (Å²) in [7, 11) is 0. The summed E-state index contributed by atoms with van der Waals surface area (Å²) in [5.74, 6) is -0.963. The maximum Gasteiger partial charge on any atom is 0.407 e. The van der Waals surface area contributed by atoms with Gasteiger partial charge in [0.15, 0.2) is 0 Å². The molecule has 146 valence electrons. The Bertz CT molecular complexity index is 1050. The molecule has 0 saturated carbocycles. The SMILES string of the molecule is O=C(O)N1CCC(Oc2nn(-c3cc(F)ccc3F)c3ccc(Cl)cc23)CC1. The zero-order valence-electron chi connectivity index (χ0n) is 14.6. The number of aromatic nitrogens is 2. The van der Waals surface area contributed by atoms with Crippen molar-refractivity contribution in [1.29, 1.82) is 0 Å². The first-order chi connectivity index (χ1) is 13.4. The molecule has 0 unspecified atom stereocenters. The summed E-state index contributed by atoms with van der Waals surface area (Å²) in [5, 5.41) is 14.4. The summed E-state index contributed by atoms with van der Waals surface area (Å²) >= 11 is 6.10. The van der Waals surface area contributed by atoms with E-state index in [1.807, 2.05) is 0 Å². The second-order valence-electron chi connectivity index (χ2n) is 6.56. The van der Waals surface area contributed by atoms with Crippen molar-refractivity contribution in [3.05, 3.63) is 53.1 Å². The number of carbonyl (C=O) groups is 1. The van der Waals surface area contributed by atoms with Crippen LogP contribution in [-0.2, 0) is 0 Å². The van der Waals surface area contributed by atoms with Gasteiger partial charge in [-0.3, -0.25) is 0 Å². The third kappa shape index (κ3) is 3.47. The summed E-state index contributed by atoms with van der Waals surface area (Å²) in [6.07, 6.45) is -0.175. The molecule has 1 aliphatic rings. The molecule has 0 aliphatic carbocycles. The van der Waals surface area contributed by atoms with E-state index in [4.69, 9.17) is 21.4 Å². The van der Waals surface area contributed by atoms with Crippen molar-refractivity contribution in [2.45, 2.75) is 18.9 Å². The van der Waals surface area contributed by atoms with Gasteiger partial charge in [-0.1, -0.05) is 11.6 Å². The summed E-state index contributed by atoms with van der Waals surface area (Å²) in [6.45, 7) is 0.718. The molecule has 28 heavy (non-hydrogen) atoms. The first-order valence-corrected chi connectivity index (χ1v) is 9.08. The second kappa shape index (κ2) is 7.27. The first-order valence-electron chi connectivity index (χ1n) is 8.70. The number of halogens is 3. The molecule has 1 amide bonds. The molecule has 0 radical (unpaired) electrons. The van der Waals surface area contributed by atoms with Crippen LogP contribution in [0, 0.1) is 11.6 Å². The Balaban J connectivity index is 1.70. The lowest BCUT2D eigenvalue weighted by molar-refractivity contribution is 0.0876. The highest BCUT2D eigenvalue weighted by Gasteiger charge is 2.25. The van der Waals surface area contributed by atoms with E-state index in [0.717, 1.165) is 18.2 Å². The maximum atomic E-state index is 14.3. The monoisotopic (exact) mass is 407 g/mol. The third-order valence-electron chi connectivity index (χ3n) is 4.74. The number of hydrogen-bond donors (Lipinski definition) is 1. The molecule has 4 rings (SSSR count). The van der Waals surface area contributed by atoms with E-state index >= 15 is 0 Å². The molecule has 6 nitrogen and oxygen atoms in total. The Labute approximate surface area is 163 Å². The molecule has 1 N–H and O–H groups in total. The van der Waals surface area contributed by atoms with E-state index in [-0.39, 0.29) is 17.7 Å². The lowest BCUT2D eigenvalue weighted by Crippen LogP contribution is -2.41. The van der Waals surface area contributed by atoms with Gasteiger partial charge < -0.3 is 14.7 Å². The molecule has 0 spiro atoms. The van der Waals surface area contributed by atoms with Gasteiger partial charge in [0, 0.05) is 37.0 Å². The molecule has 9 heteroatoms. The Morgan fingerprint density at radius 2 is 1.93 bits per heavy atom. The van der Waals surface area contributed by atoms with Crippen molar-refractivity contribution < 1.29 is 23.4 Å². The number of piperidine rings is 1. The highest BCUT2D eigenvalue weighted by molar-refractivity contribution is 6.31. The molecule has 1 saturated heterocycles. The summed E-state index contributed by atoms with van der Waals surface area (Å²) < 4.78 is 35.2. The van der Waals surface area contributed by atoms with E-state index in [0.29, 0.717) is 41.9 Å². The standard InChI is InChI=1S/C19H16ClF2N3O3/c20-11-1-4-16-14(9-11)18(28-13-5-7-24(8-6-13)19(26)27)23-25(16)17-10-12(21)2-3-15(17)22/h1-4,9-10,13H,5-8H2,(H,26,27). The molecule has 0 bridgehead atoms. The predicted octanol–water partition coefficient (Wildman–Crippen LogP) is 4.48. The zero-order valence-corrected chi connectivity index (χ0v) is 15.4. The third-order valence-corrected chi connectivity index (χ3v) is 4.97. The number of benzene rings is 2. The average molecular weight is 408 g/mol. The van der Waals surface area contributed by atoms with E-state index in [1.165, 1.54) is 9.58 Å². The molecule has 2 heterocycles. The van der Waals surface area contributed by atoms with Crippen LogP contribution in [0.1, 0.15) is 12.8 Å². The Morgan fingerprint density at radius 1 is 1.18 bits per heavy atom. The lowest BCUT2D eigenvalue weighted by atomic mass is 10.1. The quantitative estimate of drug-likeness (QED) is 0.695. The minimum atomic E-state index is -0.957. The van der Waals surface area contributed by atoms with Gasteiger partial charge in [-0.2, -0.15) is 0 Å². The topological polar surface area (TPSA) is 67.6 Å². The minimum Gasteiger partial charge on any atom is -0.473 e. The lowest BCUT2D eigenvalue weighted by Gasteiger charge is -2.29. The van der Waals surface area contributed by atoms with E-state index in [1.54, 1.807) is 18.2 Å². The summed E-state index contributed by atoms with van der Waals surface area (Å²) in [5.41, 5.74) is 0.481. The van der Waals surface area contributed by atoms with Gasteiger partial charge in [-0.05, 0) is 30.3 Å². The van der Waals surface area contributed by atoms with Crippen LogP contribution in [0.5, 0.6) is 5.88 Å². The van der Waals surface area contributed by atoms with Gasteiger partial charge in [0.1, 0.15) is 23.4 Å². The van der Waals surface area contributed by atoms with Gasteiger partial charge >= 0.3 is 6.09 Å². The highest BCUT2D eigenvalue weighted by Crippen LogP contribution is 2.32. The Hall–Kier alpha value is -2.87. The van der Waals surface area contributed by atoms with Crippen LogP contribution in [0.25, 0.3) is 16.6 Å². The fourth-order valence-corrected chi connectivity index (χ4v) is 3.48. The van der Waals surface area contributed by atoms with Gasteiger partial charge in [0.2, 0.25) is 5.88 Å². The van der Waals surface area contributed by atoms with Gasteiger partial charge in [0.25, 0.3) is 0 Å². The largest absolute Gasteiger partial charge is 0.473 e. The van der Waals surface area contributed by atoms with E-state index < -0.39 is 17.7 Å². The zero-order chi connectivity index (χ0) is 19.8. The van der Waals surface area contributed by atoms with Crippen LogP contribution in [0.2, 0.25) is 5.02 Å². The molecule has 1 aliphatic heterocycles. The molecule has 1 fully saturated rings. The maximum absolute atomic E-state index is 14.3. The second-order valence-corrected chi connectivity index (χ2v) is 7.00. The van der Waals surface area contributed by atoms with Crippen molar-refractivity contribution in [3.8, 4) is 11.6 Å². The van der Waals surface area contributed by atoms with Crippen LogP contribution < -0.4 is 4.74 Å². The minimum absolute atomic E-state index is 0.0390. The van der Waals surface area contributed by atoms with Gasteiger partial charge in [0.05, 0.1) is 10.9 Å². The number of fused-ring (bicyclic) bond motifs is 1. The van der Waals surface area contributed by atoms with Crippen LogP contribution >= 0.6 is 11.6 Å². The van der Waals surface area contributed by atoms with Crippen LogP contribution in [-0.4, -0.2) is 45.1 Å². The number of likely N-dealkylation sites (tertiary alicyclic amines) is 1. The molecular weight excluding hydrogens is 392 g/mol. The van der Waals surface area contributed by atoms with Crippen molar-refractivity contribution >= 4 is 28.6 Å². The number of nitrogens with zero attached hydrogens (tertiary/aromatic N) is 3. The molecular formula is C19H16ClF2N3O3. The fraction of sp³-hybridized carbons (Fsp3) is 0.263. The van der Waals surface area contributed by atoms with Crippen molar-refractivity contribution in [1.82, 2.24) is 14.7 Å². The molecule has 1 aromatic heterocycles. The van der Waals surface area contributed by atoms with E-state index in [9.17, 15) is 13.6 Å². The van der Waals surface area contributed by atoms with Gasteiger partial charge in [-0.25, -0.2) is 18.3 Å². The number of hydrogen-bond acceptors (Lipinski definition) is 3. The predicted molar refractivity (Wildman–Crippen MR) is 99.2 cm³/mol. The van der Waals surface area contributed by atoms with Gasteiger partial charge in [-0.15, -0.1) is 5.10 Å². The normalized spacial score (nSPS) is 15.2. The average Bonchev–Trinajstić information content (AvgIpc) is 3.01. The molecule has 3 aromatic rings. The summed E-state index contributed by atoms with van der Waals surface area (Å²) in [6, 6.07) is 8.08. The smallest absolute Gasteiger partial charge is 0.407 e. The van der Waals surface area contributed by atoms with Crippen LogP contribution in [0.15, 0.2) is 36.4 Å². The number of ether oxygens (including phenoxy) is 1. The van der Waals surface area contributed by atoms with E-state index in [2.05, 4.69) is 5.10 Å². The van der Waals surface area contributed by atoms with Crippen LogP contribution in [0.3, 0.4) is 0 Å². The Kier molecular flexibility index (Phi) is 4.80. The highest BCUT2D eigenvalue weighted by atomic mass is 35.5. The van der Waals surface area contributed by atoms with Crippen LogP contribution in [0.4, 0.5) is 13.6 Å². The van der Waals surface area contributed by atoms with Crippen molar-refractivity contribution in [2.75, 3.05) is 13.1 Å². The molecule has 2 aromatic carbocycles. The number of rotatable bonds is 3. The Morgan fingerprint density at radius 3 is 2.64 bits per heavy atom. The number of carboxylic acid groups (broad SMARTS) is 1. The van der Waals surface area contributed by atoms with Crippen molar-refractivity contribution in [3.63, 3.8) is 0 Å². The first kappa shape index (κ1) is 18.5. The summed E-state index contributed by atoms with van der Waals surface area (Å²) in [4.78, 5) is 12.4. The number of amides is 1. The van der Waals surface area contributed by atoms with Crippen molar-refractivity contribution in [2.24, 2.45) is 0 Å². The molecule has 0 atom stereocenters.